The second-order valence-corrected chi connectivity index (χ2v) is 5.15. The maximum atomic E-state index is 11.8. The lowest BCUT2D eigenvalue weighted by Gasteiger charge is -2.13. The summed E-state index contributed by atoms with van der Waals surface area (Å²) in [7, 11) is 0. The first-order valence-electron chi connectivity index (χ1n) is 5.89. The van der Waals surface area contributed by atoms with Crippen molar-refractivity contribution < 1.29 is 13.9 Å². The molecule has 0 aliphatic carbocycles. The van der Waals surface area contributed by atoms with Crippen molar-refractivity contribution in [3.63, 3.8) is 0 Å². The zero-order valence-electron chi connectivity index (χ0n) is 11.4. The van der Waals surface area contributed by atoms with Crippen LogP contribution in [0.25, 0.3) is 0 Å². The fourth-order valence-corrected chi connectivity index (χ4v) is 1.09. The Hall–Kier alpha value is -1.62. The molecule has 0 amide bonds. The highest BCUT2D eigenvalue weighted by molar-refractivity contribution is 6.66. The van der Waals surface area contributed by atoms with E-state index in [-0.39, 0.29) is 17.7 Å². The van der Waals surface area contributed by atoms with E-state index in [1.54, 1.807) is 19.1 Å². The number of ether oxygens (including phenoxy) is 1. The molecule has 1 aromatic rings. The van der Waals surface area contributed by atoms with E-state index < -0.39 is 5.97 Å². The van der Waals surface area contributed by atoms with Crippen molar-refractivity contribution in [3.8, 4) is 0 Å². The second kappa shape index (κ2) is 6.52. The first-order valence-corrected chi connectivity index (χ1v) is 6.26. The first kappa shape index (κ1) is 15.4. The predicted octanol–water partition coefficient (Wildman–Crippen LogP) is 3.23. The van der Waals surface area contributed by atoms with Gasteiger partial charge in [0, 0.05) is 5.41 Å². The van der Waals surface area contributed by atoms with Crippen molar-refractivity contribution in [1.82, 2.24) is 0 Å². The standard InChI is InChI=1S/C13H17ClN2O3/c1-5-18-11(17)10(9-7-6-8-19-9)15-16-12(14)13(2,3)4/h6-8H,5H2,1-4H3. The molecule has 0 aliphatic rings. The molecule has 6 heteroatoms. The minimum atomic E-state index is -0.598. The molecule has 0 aromatic carbocycles. The first-order chi connectivity index (χ1) is 8.86. The molecule has 1 rings (SSSR count). The Kier molecular flexibility index (Phi) is 5.30. The van der Waals surface area contributed by atoms with Gasteiger partial charge in [-0.25, -0.2) is 4.79 Å². The van der Waals surface area contributed by atoms with Crippen LogP contribution in [0.15, 0.2) is 33.0 Å². The Balaban J connectivity index is 3.08. The van der Waals surface area contributed by atoms with Crippen LogP contribution < -0.4 is 0 Å². The molecule has 104 valence electrons. The van der Waals surface area contributed by atoms with Gasteiger partial charge in [0.25, 0.3) is 0 Å². The van der Waals surface area contributed by atoms with Gasteiger partial charge in [-0.1, -0.05) is 32.4 Å². The maximum Gasteiger partial charge on any atom is 0.362 e. The zero-order chi connectivity index (χ0) is 14.5. The minimum Gasteiger partial charge on any atom is -0.462 e. The topological polar surface area (TPSA) is 64.2 Å². The number of nitrogens with zero attached hydrogens (tertiary/aromatic N) is 2. The number of esters is 1. The van der Waals surface area contributed by atoms with E-state index in [1.165, 1.54) is 6.26 Å². The van der Waals surface area contributed by atoms with E-state index in [0.717, 1.165) is 0 Å². The monoisotopic (exact) mass is 284 g/mol. The molecule has 0 fully saturated rings. The molecule has 0 aliphatic heterocycles. The highest BCUT2D eigenvalue weighted by Gasteiger charge is 2.20. The molecule has 1 heterocycles. The zero-order valence-corrected chi connectivity index (χ0v) is 12.2. The predicted molar refractivity (Wildman–Crippen MR) is 74.6 cm³/mol. The third-order valence-corrected chi connectivity index (χ3v) is 2.72. The summed E-state index contributed by atoms with van der Waals surface area (Å²) in [5.74, 6) is -0.305. The van der Waals surface area contributed by atoms with Crippen LogP contribution >= 0.6 is 11.6 Å². The molecule has 0 bridgehead atoms. The number of furan rings is 1. The summed E-state index contributed by atoms with van der Waals surface area (Å²) in [6.07, 6.45) is 1.44. The van der Waals surface area contributed by atoms with Gasteiger partial charge in [0.05, 0.1) is 12.9 Å². The number of carbonyl (C=O) groups excluding carboxylic acids is 1. The molecular formula is C13H17ClN2O3. The fourth-order valence-electron chi connectivity index (χ4n) is 1.05. The molecule has 1 aromatic heterocycles. The summed E-state index contributed by atoms with van der Waals surface area (Å²) in [6, 6.07) is 3.26. The van der Waals surface area contributed by atoms with Crippen molar-refractivity contribution in [2.75, 3.05) is 6.61 Å². The van der Waals surface area contributed by atoms with Crippen molar-refractivity contribution in [2.24, 2.45) is 15.6 Å². The van der Waals surface area contributed by atoms with E-state index in [2.05, 4.69) is 10.2 Å². The van der Waals surface area contributed by atoms with Gasteiger partial charge in [0.1, 0.15) is 5.17 Å². The highest BCUT2D eigenvalue weighted by Crippen LogP contribution is 2.19. The van der Waals surface area contributed by atoms with Crippen LogP contribution in [0.1, 0.15) is 33.5 Å². The van der Waals surface area contributed by atoms with Crippen LogP contribution in [0.4, 0.5) is 0 Å². The Morgan fingerprint density at radius 1 is 1.42 bits per heavy atom. The van der Waals surface area contributed by atoms with Gasteiger partial charge < -0.3 is 9.15 Å². The Morgan fingerprint density at radius 2 is 2.11 bits per heavy atom. The van der Waals surface area contributed by atoms with Gasteiger partial charge in [0.2, 0.25) is 5.71 Å². The van der Waals surface area contributed by atoms with Gasteiger partial charge in [0.15, 0.2) is 5.76 Å². The summed E-state index contributed by atoms with van der Waals surface area (Å²) in [4.78, 5) is 11.8. The van der Waals surface area contributed by atoms with Gasteiger partial charge in [-0.2, -0.15) is 0 Å². The Bertz CT molecular complexity index is 484. The summed E-state index contributed by atoms with van der Waals surface area (Å²) in [5.41, 5.74) is -0.345. The lowest BCUT2D eigenvalue weighted by molar-refractivity contribution is -0.135. The van der Waals surface area contributed by atoms with E-state index in [0.29, 0.717) is 10.9 Å². The normalized spacial score (nSPS) is 13.5. The smallest absolute Gasteiger partial charge is 0.362 e. The van der Waals surface area contributed by atoms with E-state index >= 15 is 0 Å². The second-order valence-electron chi connectivity index (χ2n) is 4.79. The molecule has 0 unspecified atom stereocenters. The van der Waals surface area contributed by atoms with Crippen molar-refractivity contribution in [3.05, 3.63) is 24.2 Å². The number of hydrogen-bond acceptors (Lipinski definition) is 5. The number of rotatable bonds is 4. The lowest BCUT2D eigenvalue weighted by Crippen LogP contribution is -2.19. The maximum absolute atomic E-state index is 11.8. The third-order valence-electron chi connectivity index (χ3n) is 2.08. The number of hydrogen-bond donors (Lipinski definition) is 0. The third kappa shape index (κ3) is 4.52. The van der Waals surface area contributed by atoms with Crippen LogP contribution in [0.3, 0.4) is 0 Å². The summed E-state index contributed by atoms with van der Waals surface area (Å²) >= 11 is 6.00. The molecule has 0 radical (unpaired) electrons. The van der Waals surface area contributed by atoms with Crippen LogP contribution in [-0.2, 0) is 9.53 Å². The fraction of sp³-hybridized carbons (Fsp3) is 0.462. The largest absolute Gasteiger partial charge is 0.462 e. The van der Waals surface area contributed by atoms with Gasteiger partial charge in [-0.05, 0) is 19.1 Å². The molecule has 0 spiro atoms. The van der Waals surface area contributed by atoms with Gasteiger partial charge in [-0.3, -0.25) is 0 Å². The average molecular weight is 285 g/mol. The summed E-state index contributed by atoms with van der Waals surface area (Å²) in [5, 5.41) is 8.01. The SMILES string of the molecule is CCOC(=O)C(=NN=C(Cl)C(C)(C)C)c1ccco1. The van der Waals surface area contributed by atoms with Crippen LogP contribution in [0.5, 0.6) is 0 Å². The van der Waals surface area contributed by atoms with Gasteiger partial charge in [-0.15, -0.1) is 10.2 Å². The number of carbonyl (C=O) groups is 1. The Morgan fingerprint density at radius 3 is 2.58 bits per heavy atom. The van der Waals surface area contributed by atoms with Crippen molar-refractivity contribution >= 4 is 28.5 Å². The molecule has 19 heavy (non-hydrogen) atoms. The van der Waals surface area contributed by atoms with Crippen molar-refractivity contribution in [2.45, 2.75) is 27.7 Å². The number of halogens is 1. The van der Waals surface area contributed by atoms with Crippen molar-refractivity contribution in [1.29, 1.82) is 0 Å². The highest BCUT2D eigenvalue weighted by atomic mass is 35.5. The van der Waals surface area contributed by atoms with Crippen LogP contribution in [0.2, 0.25) is 0 Å². The molecule has 0 atom stereocenters. The molecule has 0 N–H and O–H groups in total. The van der Waals surface area contributed by atoms with Crippen LogP contribution in [-0.4, -0.2) is 23.5 Å². The lowest BCUT2D eigenvalue weighted by atomic mass is 9.99. The molecular weight excluding hydrogens is 268 g/mol. The minimum absolute atomic E-state index is 0.00532. The molecule has 0 saturated carbocycles. The van der Waals surface area contributed by atoms with E-state index in [9.17, 15) is 4.79 Å². The molecule has 0 saturated heterocycles. The van der Waals surface area contributed by atoms with Gasteiger partial charge >= 0.3 is 5.97 Å². The van der Waals surface area contributed by atoms with E-state index in [1.807, 2.05) is 20.8 Å². The average Bonchev–Trinajstić information content (AvgIpc) is 2.81. The molecule has 5 nitrogen and oxygen atoms in total. The summed E-state index contributed by atoms with van der Waals surface area (Å²) in [6.45, 7) is 7.64. The quantitative estimate of drug-likeness (QED) is 0.484. The van der Waals surface area contributed by atoms with E-state index in [4.69, 9.17) is 20.8 Å². The van der Waals surface area contributed by atoms with Crippen LogP contribution in [0, 0.1) is 5.41 Å². The Labute approximate surface area is 117 Å². The summed E-state index contributed by atoms with van der Waals surface area (Å²) < 4.78 is 10.0.